The van der Waals surface area contributed by atoms with Crippen LogP contribution in [0.5, 0.6) is 0 Å². The van der Waals surface area contributed by atoms with Crippen LogP contribution in [-0.2, 0) is 0 Å². The van der Waals surface area contributed by atoms with Crippen molar-refractivity contribution in [2.24, 2.45) is 5.92 Å². The zero-order chi connectivity index (χ0) is 26.9. The third-order valence-electron chi connectivity index (χ3n) is 6.12. The molecule has 1 amide bonds. The molecule has 0 aliphatic rings. The maximum atomic E-state index is 13.8. The minimum absolute atomic E-state index is 0.0829. The molecule has 0 fully saturated rings. The van der Waals surface area contributed by atoms with Gasteiger partial charge in [-0.1, -0.05) is 49.2 Å². The van der Waals surface area contributed by atoms with Gasteiger partial charge in [0.05, 0.1) is 27.6 Å². The average molecular weight is 519 g/mol. The summed E-state index contributed by atoms with van der Waals surface area (Å²) in [5, 5.41) is 12.2. The Bertz CT molecular complexity index is 1550. The van der Waals surface area contributed by atoms with Gasteiger partial charge in [0.15, 0.2) is 0 Å². The summed E-state index contributed by atoms with van der Waals surface area (Å²) < 4.78 is 1.52. The molecule has 8 nitrogen and oxygen atoms in total. The Morgan fingerprint density at radius 3 is 2.43 bits per heavy atom. The molecule has 0 aliphatic heterocycles. The Morgan fingerprint density at radius 1 is 1.08 bits per heavy atom. The van der Waals surface area contributed by atoms with E-state index in [9.17, 15) is 19.7 Å². The van der Waals surface area contributed by atoms with Crippen LogP contribution in [0.25, 0.3) is 16.6 Å². The van der Waals surface area contributed by atoms with Crippen molar-refractivity contribution >= 4 is 34.1 Å². The lowest BCUT2D eigenvalue weighted by Gasteiger charge is -2.32. The van der Waals surface area contributed by atoms with Crippen molar-refractivity contribution in [1.29, 1.82) is 0 Å². The monoisotopic (exact) mass is 518 g/mol. The number of nitro benzene ring substituents is 1. The predicted molar refractivity (Wildman–Crippen MR) is 144 cm³/mol. The van der Waals surface area contributed by atoms with Crippen molar-refractivity contribution in [2.45, 2.75) is 33.7 Å². The van der Waals surface area contributed by atoms with Gasteiger partial charge in [0.2, 0.25) is 0 Å². The van der Waals surface area contributed by atoms with Gasteiger partial charge >= 0.3 is 0 Å². The van der Waals surface area contributed by atoms with Crippen LogP contribution in [0.4, 0.5) is 5.69 Å². The molecule has 0 aliphatic carbocycles. The van der Waals surface area contributed by atoms with E-state index in [1.807, 2.05) is 45.0 Å². The Kier molecular flexibility index (Phi) is 7.40. The molecule has 0 spiro atoms. The summed E-state index contributed by atoms with van der Waals surface area (Å²) >= 11 is 6.21. The van der Waals surface area contributed by atoms with Crippen LogP contribution in [0.2, 0.25) is 5.02 Å². The molecule has 1 unspecified atom stereocenters. The summed E-state index contributed by atoms with van der Waals surface area (Å²) in [6, 6.07) is 17.4. The van der Waals surface area contributed by atoms with Crippen molar-refractivity contribution in [3.63, 3.8) is 0 Å². The molecule has 4 aromatic rings. The molecule has 0 saturated heterocycles. The highest BCUT2D eigenvalue weighted by Gasteiger charge is 2.29. The van der Waals surface area contributed by atoms with Gasteiger partial charge in [0.25, 0.3) is 17.2 Å². The molecule has 0 saturated carbocycles. The fourth-order valence-corrected chi connectivity index (χ4v) is 4.43. The van der Waals surface area contributed by atoms with E-state index in [0.29, 0.717) is 34.0 Å². The van der Waals surface area contributed by atoms with Crippen LogP contribution in [-0.4, -0.2) is 31.8 Å². The molecule has 3 aromatic carbocycles. The van der Waals surface area contributed by atoms with Gasteiger partial charge in [0.1, 0.15) is 5.82 Å². The molecule has 1 atom stereocenters. The zero-order valence-corrected chi connectivity index (χ0v) is 21.8. The summed E-state index contributed by atoms with van der Waals surface area (Å²) in [5.74, 6) is 0.0587. The third-order valence-corrected chi connectivity index (χ3v) is 6.35. The standard InChI is InChI=1S/C28H27ClN4O4/c1-17(2)16-31(27(34)20-6-5-7-23(14-20)33(36)37)19(4)26-30-25-15-21(29)10-13-24(25)28(35)32(26)22-11-8-18(3)9-12-22/h5-15,17,19H,16H2,1-4H3. The molecule has 1 heterocycles. The quantitative estimate of drug-likeness (QED) is 0.217. The van der Waals surface area contributed by atoms with Gasteiger partial charge in [-0.2, -0.15) is 0 Å². The van der Waals surface area contributed by atoms with Gasteiger partial charge in [-0.3, -0.25) is 24.3 Å². The van der Waals surface area contributed by atoms with Crippen molar-refractivity contribution in [1.82, 2.24) is 14.5 Å². The highest BCUT2D eigenvalue weighted by molar-refractivity contribution is 6.31. The predicted octanol–water partition coefficient (Wildman–Crippen LogP) is 6.12. The minimum Gasteiger partial charge on any atom is -0.328 e. The number of non-ortho nitro benzene ring substituents is 1. The van der Waals surface area contributed by atoms with Gasteiger partial charge in [-0.15, -0.1) is 0 Å². The summed E-state index contributed by atoms with van der Waals surface area (Å²) in [5.41, 5.74) is 1.82. The molecule has 9 heteroatoms. The van der Waals surface area contributed by atoms with Crippen molar-refractivity contribution in [3.05, 3.63) is 109 Å². The first-order valence-electron chi connectivity index (χ1n) is 11.9. The van der Waals surface area contributed by atoms with Crippen molar-refractivity contribution in [2.75, 3.05) is 6.54 Å². The SMILES string of the molecule is Cc1ccc(-n2c(C(C)N(CC(C)C)C(=O)c3cccc([N+](=O)[O-])c3)nc3cc(Cl)ccc3c2=O)cc1. The number of halogens is 1. The highest BCUT2D eigenvalue weighted by Crippen LogP contribution is 2.27. The Labute approximate surface area is 219 Å². The summed E-state index contributed by atoms with van der Waals surface area (Å²) in [6.45, 7) is 8.06. The second-order valence-electron chi connectivity index (χ2n) is 9.44. The molecule has 1 aromatic heterocycles. The van der Waals surface area contributed by atoms with E-state index in [1.54, 1.807) is 36.1 Å². The minimum atomic E-state index is -0.647. The van der Waals surface area contributed by atoms with Gasteiger partial charge in [0, 0.05) is 29.3 Å². The Balaban J connectivity index is 1.92. The number of aromatic nitrogens is 2. The van der Waals surface area contributed by atoms with Gasteiger partial charge < -0.3 is 4.90 Å². The molecule has 190 valence electrons. The molecule has 0 bridgehead atoms. The lowest BCUT2D eigenvalue weighted by atomic mass is 10.1. The first-order chi connectivity index (χ1) is 17.6. The lowest BCUT2D eigenvalue weighted by molar-refractivity contribution is -0.384. The maximum absolute atomic E-state index is 13.8. The van der Waals surface area contributed by atoms with E-state index in [1.165, 1.54) is 22.8 Å². The topological polar surface area (TPSA) is 98.3 Å². The van der Waals surface area contributed by atoms with E-state index in [2.05, 4.69) is 0 Å². The summed E-state index contributed by atoms with van der Waals surface area (Å²) in [7, 11) is 0. The number of nitro groups is 1. The maximum Gasteiger partial charge on any atom is 0.270 e. The molecule has 37 heavy (non-hydrogen) atoms. The number of hydrogen-bond acceptors (Lipinski definition) is 5. The second-order valence-corrected chi connectivity index (χ2v) is 9.88. The van der Waals surface area contributed by atoms with Crippen LogP contribution in [0.3, 0.4) is 0 Å². The zero-order valence-electron chi connectivity index (χ0n) is 21.0. The normalized spacial score (nSPS) is 12.1. The number of nitrogens with zero attached hydrogens (tertiary/aromatic N) is 4. The average Bonchev–Trinajstić information content (AvgIpc) is 2.87. The molecule has 0 N–H and O–H groups in total. The van der Waals surface area contributed by atoms with Crippen molar-refractivity contribution in [3.8, 4) is 5.69 Å². The molecular formula is C28H27ClN4O4. The van der Waals surface area contributed by atoms with E-state index in [4.69, 9.17) is 16.6 Å². The second kappa shape index (κ2) is 10.5. The smallest absolute Gasteiger partial charge is 0.270 e. The van der Waals surface area contributed by atoms with Crippen LogP contribution < -0.4 is 5.56 Å². The fraction of sp³-hybridized carbons (Fsp3) is 0.250. The molecule has 0 radical (unpaired) electrons. The Morgan fingerprint density at radius 2 is 1.78 bits per heavy atom. The number of aryl methyl sites for hydroxylation is 1. The summed E-state index contributed by atoms with van der Waals surface area (Å²) in [6.07, 6.45) is 0. The number of carbonyl (C=O) groups is 1. The van der Waals surface area contributed by atoms with Crippen LogP contribution in [0.15, 0.2) is 71.5 Å². The third kappa shape index (κ3) is 5.39. The number of hydrogen-bond donors (Lipinski definition) is 0. The number of benzene rings is 3. The number of fused-ring (bicyclic) bond motifs is 1. The fourth-order valence-electron chi connectivity index (χ4n) is 4.27. The van der Waals surface area contributed by atoms with Crippen LogP contribution in [0, 0.1) is 23.0 Å². The molecule has 4 rings (SSSR count). The van der Waals surface area contributed by atoms with Crippen LogP contribution in [0.1, 0.15) is 48.6 Å². The van der Waals surface area contributed by atoms with Crippen LogP contribution >= 0.6 is 11.6 Å². The first kappa shape index (κ1) is 26.0. The number of rotatable bonds is 7. The highest BCUT2D eigenvalue weighted by atomic mass is 35.5. The number of amides is 1. The first-order valence-corrected chi connectivity index (χ1v) is 12.3. The lowest BCUT2D eigenvalue weighted by Crippen LogP contribution is -2.39. The largest absolute Gasteiger partial charge is 0.328 e. The summed E-state index contributed by atoms with van der Waals surface area (Å²) in [4.78, 5) is 44.7. The van der Waals surface area contributed by atoms with Gasteiger partial charge in [-0.05, 0) is 56.2 Å². The molecular weight excluding hydrogens is 492 g/mol. The Hall–Kier alpha value is -4.04. The van der Waals surface area contributed by atoms with E-state index >= 15 is 0 Å². The van der Waals surface area contributed by atoms with Gasteiger partial charge in [-0.25, -0.2) is 4.98 Å². The van der Waals surface area contributed by atoms with E-state index in [0.717, 1.165) is 5.56 Å². The van der Waals surface area contributed by atoms with Crippen molar-refractivity contribution < 1.29 is 9.72 Å². The van der Waals surface area contributed by atoms with E-state index < -0.39 is 11.0 Å². The number of carbonyl (C=O) groups excluding carboxylic acids is 1. The van der Waals surface area contributed by atoms with E-state index in [-0.39, 0.29) is 28.6 Å².